The van der Waals surface area contributed by atoms with Gasteiger partial charge in [0.1, 0.15) is 5.56 Å². The van der Waals surface area contributed by atoms with Crippen LogP contribution in [-0.2, 0) is 0 Å². The molecule has 0 N–H and O–H groups in total. The number of carbonyl (C=O) groups excluding carboxylic acids is 1. The number of benzene rings is 1. The first kappa shape index (κ1) is 19.6. The Morgan fingerprint density at radius 2 is 1.96 bits per heavy atom. The van der Waals surface area contributed by atoms with E-state index in [1.54, 1.807) is 4.90 Å². The number of rotatable bonds is 5. The molecule has 1 amide bonds. The van der Waals surface area contributed by atoms with Crippen LogP contribution in [0.15, 0.2) is 39.6 Å². The maximum atomic E-state index is 12.8. The summed E-state index contributed by atoms with van der Waals surface area (Å²) in [5.41, 5.74) is -0.0474. The molecule has 1 aromatic carbocycles. The van der Waals surface area contributed by atoms with Crippen LogP contribution in [0.1, 0.15) is 17.3 Å². The number of non-ortho nitro benzene ring substituents is 1. The summed E-state index contributed by atoms with van der Waals surface area (Å²) in [6.07, 6.45) is 0. The summed E-state index contributed by atoms with van der Waals surface area (Å²) in [7, 11) is 1.32. The van der Waals surface area contributed by atoms with Gasteiger partial charge in [0.2, 0.25) is 0 Å². The fourth-order valence-corrected chi connectivity index (χ4v) is 3.25. The minimum Gasteiger partial charge on any atom is -0.493 e. The van der Waals surface area contributed by atoms with E-state index >= 15 is 0 Å². The molecule has 0 atom stereocenters. The molecule has 9 heteroatoms. The van der Waals surface area contributed by atoms with Crippen molar-refractivity contribution in [1.29, 1.82) is 0 Å². The minimum absolute atomic E-state index is 0.0636. The van der Waals surface area contributed by atoms with Crippen molar-refractivity contribution in [3.8, 4) is 5.75 Å². The first-order chi connectivity index (χ1) is 13.3. The standard InChI is InChI=1S/C19H21N3O6/c1-12(2)11-20-4-6-21(7-5-20)18(23)15-9-13-8-14(22(25)26)10-16(27-3)17(13)28-19(15)24/h8-10H,1,4-7,11H2,2-3H3. The molecule has 0 spiro atoms. The van der Waals surface area contributed by atoms with Gasteiger partial charge >= 0.3 is 5.63 Å². The van der Waals surface area contributed by atoms with Crippen molar-refractivity contribution in [1.82, 2.24) is 9.80 Å². The van der Waals surface area contributed by atoms with E-state index in [-0.39, 0.29) is 28.0 Å². The van der Waals surface area contributed by atoms with E-state index in [4.69, 9.17) is 9.15 Å². The van der Waals surface area contributed by atoms with Gasteiger partial charge in [-0.2, -0.15) is 0 Å². The number of nitro groups is 1. The first-order valence-electron chi connectivity index (χ1n) is 8.76. The van der Waals surface area contributed by atoms with Crippen LogP contribution in [-0.4, -0.2) is 60.5 Å². The number of piperazine rings is 1. The number of methoxy groups -OCH3 is 1. The molecule has 0 bridgehead atoms. The van der Waals surface area contributed by atoms with Crippen LogP contribution in [0.25, 0.3) is 11.0 Å². The highest BCUT2D eigenvalue weighted by Gasteiger charge is 2.26. The highest BCUT2D eigenvalue weighted by Crippen LogP contribution is 2.30. The van der Waals surface area contributed by atoms with Crippen molar-refractivity contribution in [2.45, 2.75) is 6.92 Å². The SMILES string of the molecule is C=C(C)CN1CCN(C(=O)c2cc3cc([N+](=O)[O-])cc(OC)c3oc2=O)CC1. The molecule has 2 heterocycles. The van der Waals surface area contributed by atoms with Gasteiger partial charge in [0.15, 0.2) is 11.3 Å². The van der Waals surface area contributed by atoms with Crippen LogP contribution in [0.4, 0.5) is 5.69 Å². The lowest BCUT2D eigenvalue weighted by Gasteiger charge is -2.34. The Balaban J connectivity index is 1.91. The van der Waals surface area contributed by atoms with Crippen molar-refractivity contribution in [2.24, 2.45) is 0 Å². The quantitative estimate of drug-likeness (QED) is 0.334. The molecule has 2 aromatic rings. The van der Waals surface area contributed by atoms with E-state index in [0.29, 0.717) is 26.2 Å². The fourth-order valence-electron chi connectivity index (χ4n) is 3.25. The molecule has 1 aliphatic heterocycles. The third-order valence-corrected chi connectivity index (χ3v) is 4.60. The van der Waals surface area contributed by atoms with E-state index in [9.17, 15) is 19.7 Å². The molecule has 148 valence electrons. The summed E-state index contributed by atoms with van der Waals surface area (Å²) in [5.74, 6) is -0.384. The predicted octanol–water partition coefficient (Wildman–Crippen LogP) is 2.04. The summed E-state index contributed by atoms with van der Waals surface area (Å²) < 4.78 is 10.4. The van der Waals surface area contributed by atoms with Crippen molar-refractivity contribution >= 4 is 22.6 Å². The third-order valence-electron chi connectivity index (χ3n) is 4.60. The monoisotopic (exact) mass is 387 g/mol. The molecule has 0 saturated carbocycles. The second-order valence-corrected chi connectivity index (χ2v) is 6.80. The molecule has 0 aliphatic carbocycles. The van der Waals surface area contributed by atoms with Gasteiger partial charge in [-0.15, -0.1) is 0 Å². The Morgan fingerprint density at radius 3 is 2.54 bits per heavy atom. The van der Waals surface area contributed by atoms with Crippen LogP contribution in [0.2, 0.25) is 0 Å². The number of hydrogen-bond acceptors (Lipinski definition) is 7. The minimum atomic E-state index is -0.797. The normalized spacial score (nSPS) is 14.9. The van der Waals surface area contributed by atoms with Crippen LogP contribution in [0, 0.1) is 10.1 Å². The number of nitro benzene ring substituents is 1. The number of nitrogens with zero attached hydrogens (tertiary/aromatic N) is 3. The lowest BCUT2D eigenvalue weighted by Crippen LogP contribution is -2.49. The van der Waals surface area contributed by atoms with E-state index in [0.717, 1.165) is 12.1 Å². The summed E-state index contributed by atoms with van der Waals surface area (Å²) >= 11 is 0. The molecular formula is C19H21N3O6. The van der Waals surface area contributed by atoms with E-state index in [1.165, 1.54) is 25.3 Å². The zero-order valence-electron chi connectivity index (χ0n) is 15.8. The first-order valence-corrected chi connectivity index (χ1v) is 8.76. The number of carbonyl (C=O) groups is 1. The molecule has 0 unspecified atom stereocenters. The molecule has 28 heavy (non-hydrogen) atoms. The second-order valence-electron chi connectivity index (χ2n) is 6.80. The van der Waals surface area contributed by atoms with Crippen LogP contribution in [0.5, 0.6) is 5.75 Å². The smallest absolute Gasteiger partial charge is 0.349 e. The number of ether oxygens (including phenoxy) is 1. The lowest BCUT2D eigenvalue weighted by molar-refractivity contribution is -0.384. The molecule has 9 nitrogen and oxygen atoms in total. The maximum absolute atomic E-state index is 12.8. The molecule has 1 aromatic heterocycles. The van der Waals surface area contributed by atoms with Crippen molar-refractivity contribution < 1.29 is 18.9 Å². The highest BCUT2D eigenvalue weighted by molar-refractivity contribution is 5.98. The van der Waals surface area contributed by atoms with Gasteiger partial charge in [-0.25, -0.2) is 4.79 Å². The molecule has 1 fully saturated rings. The third kappa shape index (κ3) is 3.89. The molecule has 3 rings (SSSR count). The summed E-state index contributed by atoms with van der Waals surface area (Å²) in [4.78, 5) is 39.5. The van der Waals surface area contributed by atoms with E-state index in [2.05, 4.69) is 11.5 Å². The lowest BCUT2D eigenvalue weighted by atomic mass is 10.1. The number of amides is 1. The van der Waals surface area contributed by atoms with Gasteiger partial charge in [-0.3, -0.25) is 19.8 Å². The molecule has 1 aliphatic rings. The molecular weight excluding hydrogens is 366 g/mol. The summed E-state index contributed by atoms with van der Waals surface area (Å²) in [6.45, 7) is 8.91. The summed E-state index contributed by atoms with van der Waals surface area (Å²) in [6, 6.07) is 3.76. The zero-order chi connectivity index (χ0) is 20.4. The molecule has 0 radical (unpaired) electrons. The van der Waals surface area contributed by atoms with Crippen LogP contribution >= 0.6 is 0 Å². The largest absolute Gasteiger partial charge is 0.493 e. The van der Waals surface area contributed by atoms with Crippen LogP contribution in [0.3, 0.4) is 0 Å². The number of hydrogen-bond donors (Lipinski definition) is 0. The zero-order valence-corrected chi connectivity index (χ0v) is 15.8. The Bertz CT molecular complexity index is 1000. The van der Waals surface area contributed by atoms with Crippen LogP contribution < -0.4 is 10.4 Å². The molecule has 1 saturated heterocycles. The van der Waals surface area contributed by atoms with Crippen molar-refractivity contribution in [3.63, 3.8) is 0 Å². The van der Waals surface area contributed by atoms with Gasteiger partial charge < -0.3 is 14.1 Å². The summed E-state index contributed by atoms with van der Waals surface area (Å²) in [5, 5.41) is 11.4. The maximum Gasteiger partial charge on any atom is 0.349 e. The van der Waals surface area contributed by atoms with Gasteiger partial charge in [0.05, 0.1) is 18.1 Å². The second kappa shape index (κ2) is 7.81. The van der Waals surface area contributed by atoms with Crippen molar-refractivity contribution in [2.75, 3.05) is 39.8 Å². The Morgan fingerprint density at radius 1 is 1.29 bits per heavy atom. The van der Waals surface area contributed by atoms with E-state index < -0.39 is 16.5 Å². The van der Waals surface area contributed by atoms with Gasteiger partial charge in [0.25, 0.3) is 11.6 Å². The topological polar surface area (TPSA) is 106 Å². The van der Waals surface area contributed by atoms with Gasteiger partial charge in [0, 0.05) is 44.2 Å². The Kier molecular flexibility index (Phi) is 5.46. The number of fused-ring (bicyclic) bond motifs is 1. The average molecular weight is 387 g/mol. The average Bonchev–Trinajstić information content (AvgIpc) is 2.66. The predicted molar refractivity (Wildman–Crippen MR) is 103 cm³/mol. The Labute approximate surface area is 160 Å². The van der Waals surface area contributed by atoms with Gasteiger partial charge in [-0.05, 0) is 13.0 Å². The highest BCUT2D eigenvalue weighted by atomic mass is 16.6. The van der Waals surface area contributed by atoms with E-state index in [1.807, 2.05) is 6.92 Å². The Hall–Kier alpha value is -3.20. The fraction of sp³-hybridized carbons (Fsp3) is 0.368. The van der Waals surface area contributed by atoms with Gasteiger partial charge in [-0.1, -0.05) is 12.2 Å². The van der Waals surface area contributed by atoms with Crippen molar-refractivity contribution in [3.05, 3.63) is 56.4 Å².